The average molecular weight is 421 g/mol. The van der Waals surface area contributed by atoms with Crippen molar-refractivity contribution < 1.29 is 9.53 Å². The average Bonchev–Trinajstić information content (AvgIpc) is 3.22. The van der Waals surface area contributed by atoms with E-state index in [1.165, 1.54) is 11.3 Å². The minimum Gasteiger partial charge on any atom is -0.487 e. The second-order valence-electron chi connectivity index (χ2n) is 7.26. The molecule has 0 saturated heterocycles. The number of carbonyl (C=O) groups excluding carboxylic acids is 1. The Morgan fingerprint density at radius 2 is 1.35 bits per heavy atom. The number of hydrogen-bond acceptors (Lipinski definition) is 3. The number of ketones is 1. The van der Waals surface area contributed by atoms with E-state index in [4.69, 9.17) is 4.74 Å². The molecule has 1 heterocycles. The SMILES string of the molecule is O=C(c1ccccc1)c1sc2ccccc2c1OCc1ccccc1-c1ccccc1. The van der Waals surface area contributed by atoms with Crippen LogP contribution in [-0.2, 0) is 6.61 Å². The summed E-state index contributed by atoms with van der Waals surface area (Å²) in [5.41, 5.74) is 4.04. The normalized spacial score (nSPS) is 10.8. The molecule has 4 aromatic carbocycles. The first-order valence-electron chi connectivity index (χ1n) is 10.2. The highest BCUT2D eigenvalue weighted by Gasteiger charge is 2.21. The maximum absolute atomic E-state index is 13.3. The molecule has 0 spiro atoms. The van der Waals surface area contributed by atoms with Gasteiger partial charge in [0.2, 0.25) is 5.78 Å². The van der Waals surface area contributed by atoms with Gasteiger partial charge < -0.3 is 4.74 Å². The van der Waals surface area contributed by atoms with Gasteiger partial charge in [-0.1, -0.05) is 97.1 Å². The van der Waals surface area contributed by atoms with E-state index in [-0.39, 0.29) is 5.78 Å². The standard InChI is InChI=1S/C28H20O2S/c29-26(21-13-5-2-6-14-21)28-27(24-17-9-10-18-25(24)31-28)30-19-22-15-7-8-16-23(22)20-11-3-1-4-12-20/h1-18H,19H2. The molecule has 0 aliphatic carbocycles. The zero-order chi connectivity index (χ0) is 21.0. The molecular formula is C28H20O2S. The predicted octanol–water partition coefficient (Wildman–Crippen LogP) is 7.38. The van der Waals surface area contributed by atoms with Crippen LogP contribution in [0.5, 0.6) is 5.75 Å². The van der Waals surface area contributed by atoms with Gasteiger partial charge in [0.15, 0.2) is 0 Å². The molecule has 1 aromatic heterocycles. The summed E-state index contributed by atoms with van der Waals surface area (Å²) in [6, 6.07) is 35.9. The van der Waals surface area contributed by atoms with Crippen LogP contribution in [0.4, 0.5) is 0 Å². The van der Waals surface area contributed by atoms with Gasteiger partial charge in [0, 0.05) is 15.6 Å². The van der Waals surface area contributed by atoms with E-state index in [1.54, 1.807) is 0 Å². The molecule has 2 nitrogen and oxygen atoms in total. The molecule has 5 aromatic rings. The minimum absolute atomic E-state index is 0.00635. The summed E-state index contributed by atoms with van der Waals surface area (Å²) in [5.74, 6) is 0.658. The Bertz CT molecular complexity index is 1340. The Labute approximate surface area is 185 Å². The van der Waals surface area contributed by atoms with E-state index >= 15 is 0 Å². The van der Waals surface area contributed by atoms with Gasteiger partial charge in [-0.3, -0.25) is 4.79 Å². The molecule has 0 N–H and O–H groups in total. The van der Waals surface area contributed by atoms with Gasteiger partial charge >= 0.3 is 0 Å². The molecule has 0 radical (unpaired) electrons. The summed E-state index contributed by atoms with van der Waals surface area (Å²) in [4.78, 5) is 13.9. The Morgan fingerprint density at radius 3 is 2.16 bits per heavy atom. The molecule has 0 aliphatic rings. The largest absolute Gasteiger partial charge is 0.487 e. The number of rotatable bonds is 6. The van der Waals surface area contributed by atoms with Crippen LogP contribution in [0.3, 0.4) is 0 Å². The molecule has 0 unspecified atom stereocenters. The number of thiophene rings is 1. The lowest BCUT2D eigenvalue weighted by Crippen LogP contribution is -2.03. The first kappa shape index (κ1) is 19.3. The second kappa shape index (κ2) is 8.58. The number of hydrogen-bond donors (Lipinski definition) is 0. The van der Waals surface area contributed by atoms with Gasteiger partial charge in [-0.05, 0) is 28.8 Å². The summed E-state index contributed by atoms with van der Waals surface area (Å²) in [6.45, 7) is 0.390. The van der Waals surface area contributed by atoms with Crippen LogP contribution < -0.4 is 4.74 Å². The monoisotopic (exact) mass is 420 g/mol. The number of ether oxygens (including phenoxy) is 1. The Kier molecular flexibility index (Phi) is 5.34. The van der Waals surface area contributed by atoms with Crippen molar-refractivity contribution in [2.24, 2.45) is 0 Å². The van der Waals surface area contributed by atoms with Crippen molar-refractivity contribution in [3.8, 4) is 16.9 Å². The molecule has 31 heavy (non-hydrogen) atoms. The van der Waals surface area contributed by atoms with Crippen molar-refractivity contribution in [3.05, 3.63) is 125 Å². The van der Waals surface area contributed by atoms with Crippen LogP contribution >= 0.6 is 11.3 Å². The van der Waals surface area contributed by atoms with Gasteiger partial charge in [-0.15, -0.1) is 11.3 Å². The molecule has 0 saturated carbocycles. The Hall–Kier alpha value is -3.69. The molecule has 0 amide bonds. The highest BCUT2D eigenvalue weighted by atomic mass is 32.1. The number of fused-ring (bicyclic) bond motifs is 1. The van der Waals surface area contributed by atoms with Crippen molar-refractivity contribution in [2.45, 2.75) is 6.61 Å². The van der Waals surface area contributed by atoms with E-state index in [2.05, 4.69) is 24.3 Å². The Morgan fingerprint density at radius 1 is 0.710 bits per heavy atom. The molecule has 150 valence electrons. The van der Waals surface area contributed by atoms with Gasteiger partial charge in [-0.2, -0.15) is 0 Å². The third kappa shape index (κ3) is 3.88. The summed E-state index contributed by atoms with van der Waals surface area (Å²) in [7, 11) is 0. The summed E-state index contributed by atoms with van der Waals surface area (Å²) in [6.07, 6.45) is 0. The summed E-state index contributed by atoms with van der Waals surface area (Å²) >= 11 is 1.49. The molecule has 3 heteroatoms. The maximum atomic E-state index is 13.3. The smallest absolute Gasteiger partial charge is 0.206 e. The molecule has 0 aliphatic heterocycles. The van der Waals surface area contributed by atoms with Crippen molar-refractivity contribution in [1.29, 1.82) is 0 Å². The zero-order valence-electron chi connectivity index (χ0n) is 16.8. The first-order valence-corrected chi connectivity index (χ1v) is 11.0. The van der Waals surface area contributed by atoms with Crippen molar-refractivity contribution in [1.82, 2.24) is 0 Å². The topological polar surface area (TPSA) is 26.3 Å². The fraction of sp³-hybridized carbons (Fsp3) is 0.0357. The minimum atomic E-state index is -0.00635. The number of benzene rings is 4. The maximum Gasteiger partial charge on any atom is 0.206 e. The van der Waals surface area contributed by atoms with Gasteiger partial charge in [0.1, 0.15) is 17.2 Å². The highest BCUT2D eigenvalue weighted by molar-refractivity contribution is 7.21. The van der Waals surface area contributed by atoms with Crippen LogP contribution in [0.1, 0.15) is 20.8 Å². The molecule has 5 rings (SSSR count). The van der Waals surface area contributed by atoms with Crippen molar-refractivity contribution >= 4 is 27.2 Å². The zero-order valence-corrected chi connectivity index (χ0v) is 17.6. The summed E-state index contributed by atoms with van der Waals surface area (Å²) in [5, 5.41) is 0.976. The van der Waals surface area contributed by atoms with Crippen LogP contribution in [0.2, 0.25) is 0 Å². The van der Waals surface area contributed by atoms with Crippen molar-refractivity contribution in [2.75, 3.05) is 0 Å². The highest BCUT2D eigenvalue weighted by Crippen LogP contribution is 2.40. The van der Waals surface area contributed by atoms with Crippen molar-refractivity contribution in [3.63, 3.8) is 0 Å². The predicted molar refractivity (Wildman–Crippen MR) is 128 cm³/mol. The van der Waals surface area contributed by atoms with Crippen LogP contribution in [0.15, 0.2) is 109 Å². The van der Waals surface area contributed by atoms with E-state index in [0.717, 1.165) is 26.8 Å². The summed E-state index contributed by atoms with van der Waals surface area (Å²) < 4.78 is 7.42. The fourth-order valence-electron chi connectivity index (χ4n) is 3.73. The lowest BCUT2D eigenvalue weighted by atomic mass is 10.0. The van der Waals surface area contributed by atoms with E-state index in [9.17, 15) is 4.79 Å². The van der Waals surface area contributed by atoms with Gasteiger partial charge in [0.05, 0.1) is 0 Å². The number of carbonyl (C=O) groups is 1. The van der Waals surface area contributed by atoms with Crippen LogP contribution in [0.25, 0.3) is 21.2 Å². The van der Waals surface area contributed by atoms with Crippen LogP contribution in [-0.4, -0.2) is 5.78 Å². The quantitative estimate of drug-likeness (QED) is 0.268. The van der Waals surface area contributed by atoms with E-state index < -0.39 is 0 Å². The van der Waals surface area contributed by atoms with Gasteiger partial charge in [0.25, 0.3) is 0 Å². The molecule has 0 fully saturated rings. The first-order chi connectivity index (χ1) is 15.3. The van der Waals surface area contributed by atoms with Gasteiger partial charge in [-0.25, -0.2) is 0 Å². The molecule has 0 bridgehead atoms. The lowest BCUT2D eigenvalue weighted by Gasteiger charge is -2.12. The lowest BCUT2D eigenvalue weighted by molar-refractivity contribution is 0.103. The molecular weight excluding hydrogens is 400 g/mol. The van der Waals surface area contributed by atoms with E-state index in [1.807, 2.05) is 84.9 Å². The third-order valence-electron chi connectivity index (χ3n) is 5.27. The van der Waals surface area contributed by atoms with Crippen LogP contribution in [0, 0.1) is 0 Å². The third-order valence-corrected chi connectivity index (χ3v) is 6.42. The Balaban J connectivity index is 1.53. The fourth-order valence-corrected chi connectivity index (χ4v) is 4.84. The van der Waals surface area contributed by atoms with E-state index in [0.29, 0.717) is 22.8 Å². The molecule has 0 atom stereocenters. The second-order valence-corrected chi connectivity index (χ2v) is 8.32.